The standard InChI is InChI=1S/C11H12ClFO2/c1-7(15-2)11(14)6-8-9(12)4-3-5-10(8)13/h3-5,7H,6H2,1-2H3. The number of carbonyl (C=O) groups is 1. The van der Waals surface area contributed by atoms with Gasteiger partial charge in [-0.05, 0) is 19.1 Å². The fraction of sp³-hybridized carbons (Fsp3) is 0.364. The summed E-state index contributed by atoms with van der Waals surface area (Å²) in [6.45, 7) is 1.62. The van der Waals surface area contributed by atoms with Crippen LogP contribution in [0.15, 0.2) is 18.2 Å². The van der Waals surface area contributed by atoms with Gasteiger partial charge < -0.3 is 4.74 Å². The molecule has 0 heterocycles. The van der Waals surface area contributed by atoms with E-state index < -0.39 is 11.9 Å². The topological polar surface area (TPSA) is 26.3 Å². The molecule has 2 nitrogen and oxygen atoms in total. The van der Waals surface area contributed by atoms with Crippen LogP contribution in [0, 0.1) is 5.82 Å². The van der Waals surface area contributed by atoms with E-state index in [0.29, 0.717) is 0 Å². The van der Waals surface area contributed by atoms with Gasteiger partial charge in [-0.3, -0.25) is 4.79 Å². The van der Waals surface area contributed by atoms with E-state index in [1.165, 1.54) is 19.2 Å². The van der Waals surface area contributed by atoms with E-state index in [0.717, 1.165) is 0 Å². The first-order valence-electron chi connectivity index (χ1n) is 4.54. The number of halogens is 2. The third kappa shape index (κ3) is 3.01. The third-order valence-corrected chi connectivity index (χ3v) is 2.57. The molecule has 0 N–H and O–H groups in total. The molecule has 4 heteroatoms. The Balaban J connectivity index is 2.85. The molecule has 1 rings (SSSR count). The molecule has 82 valence electrons. The van der Waals surface area contributed by atoms with Gasteiger partial charge in [-0.1, -0.05) is 17.7 Å². The van der Waals surface area contributed by atoms with Crippen LogP contribution in [-0.4, -0.2) is 19.0 Å². The monoisotopic (exact) mass is 230 g/mol. The summed E-state index contributed by atoms with van der Waals surface area (Å²) in [5, 5.41) is 0.270. The number of hydrogen-bond donors (Lipinski definition) is 0. The molecule has 0 aliphatic carbocycles. The van der Waals surface area contributed by atoms with E-state index in [9.17, 15) is 9.18 Å². The number of benzene rings is 1. The van der Waals surface area contributed by atoms with Crippen molar-refractivity contribution >= 4 is 17.4 Å². The van der Waals surface area contributed by atoms with Crippen molar-refractivity contribution in [2.75, 3.05) is 7.11 Å². The molecule has 0 aliphatic rings. The van der Waals surface area contributed by atoms with Gasteiger partial charge in [-0.15, -0.1) is 0 Å². The zero-order valence-corrected chi connectivity index (χ0v) is 9.34. The number of ether oxygens (including phenoxy) is 1. The van der Waals surface area contributed by atoms with Gasteiger partial charge in [0.2, 0.25) is 0 Å². The van der Waals surface area contributed by atoms with E-state index in [2.05, 4.69) is 0 Å². The van der Waals surface area contributed by atoms with Crippen molar-refractivity contribution in [1.29, 1.82) is 0 Å². The lowest BCUT2D eigenvalue weighted by Gasteiger charge is -2.09. The number of ketones is 1. The summed E-state index contributed by atoms with van der Waals surface area (Å²) in [6.07, 6.45) is -0.582. The summed E-state index contributed by atoms with van der Waals surface area (Å²) in [6, 6.07) is 4.35. The summed E-state index contributed by atoms with van der Waals surface area (Å²) in [5.74, 6) is -0.649. The van der Waals surface area contributed by atoms with E-state index in [4.69, 9.17) is 16.3 Å². The molecule has 0 aromatic heterocycles. The van der Waals surface area contributed by atoms with E-state index in [1.54, 1.807) is 13.0 Å². The van der Waals surface area contributed by atoms with E-state index in [1.807, 2.05) is 0 Å². The highest BCUT2D eigenvalue weighted by Gasteiger charge is 2.16. The number of Topliss-reactive ketones (excluding diaryl/α,β-unsaturated/α-hetero) is 1. The fourth-order valence-corrected chi connectivity index (χ4v) is 1.38. The average Bonchev–Trinajstić information content (AvgIpc) is 2.22. The van der Waals surface area contributed by atoms with Crippen LogP contribution < -0.4 is 0 Å². The molecule has 0 amide bonds. The van der Waals surface area contributed by atoms with Gasteiger partial charge in [0.25, 0.3) is 0 Å². The highest BCUT2D eigenvalue weighted by Crippen LogP contribution is 2.20. The molecular weight excluding hydrogens is 219 g/mol. The lowest BCUT2D eigenvalue weighted by Crippen LogP contribution is -2.21. The molecule has 0 bridgehead atoms. The van der Waals surface area contributed by atoms with Gasteiger partial charge in [0.1, 0.15) is 11.9 Å². The van der Waals surface area contributed by atoms with Gasteiger partial charge >= 0.3 is 0 Å². The molecular formula is C11H12ClFO2. The number of hydrogen-bond acceptors (Lipinski definition) is 2. The van der Waals surface area contributed by atoms with Gasteiger partial charge in [0.15, 0.2) is 5.78 Å². The Morgan fingerprint density at radius 3 is 2.80 bits per heavy atom. The van der Waals surface area contributed by atoms with Crippen molar-refractivity contribution in [3.8, 4) is 0 Å². The molecule has 0 aliphatic heterocycles. The summed E-state index contributed by atoms with van der Waals surface area (Å²) in [4.78, 5) is 11.5. The van der Waals surface area contributed by atoms with Crippen LogP contribution in [0.25, 0.3) is 0 Å². The summed E-state index contributed by atoms with van der Waals surface area (Å²) in [7, 11) is 1.44. The second-order valence-electron chi connectivity index (χ2n) is 3.22. The summed E-state index contributed by atoms with van der Waals surface area (Å²) < 4.78 is 18.1. The van der Waals surface area contributed by atoms with Crippen LogP contribution in [0.5, 0.6) is 0 Å². The molecule has 15 heavy (non-hydrogen) atoms. The number of rotatable bonds is 4. The lowest BCUT2D eigenvalue weighted by molar-refractivity contribution is -0.127. The highest BCUT2D eigenvalue weighted by molar-refractivity contribution is 6.31. The Kier molecular flexibility index (Phi) is 4.24. The van der Waals surface area contributed by atoms with Crippen LogP contribution >= 0.6 is 11.6 Å². The van der Waals surface area contributed by atoms with Crippen LogP contribution in [0.2, 0.25) is 5.02 Å². The maximum Gasteiger partial charge on any atom is 0.165 e. The molecule has 0 spiro atoms. The average molecular weight is 231 g/mol. The lowest BCUT2D eigenvalue weighted by atomic mass is 10.1. The predicted molar refractivity (Wildman–Crippen MR) is 56.6 cm³/mol. The van der Waals surface area contributed by atoms with Crippen molar-refractivity contribution in [3.63, 3.8) is 0 Å². The molecule has 0 fully saturated rings. The Morgan fingerprint density at radius 1 is 1.60 bits per heavy atom. The van der Waals surface area contributed by atoms with Crippen molar-refractivity contribution in [2.24, 2.45) is 0 Å². The Labute approximate surface area is 93.0 Å². The zero-order chi connectivity index (χ0) is 11.4. The van der Waals surface area contributed by atoms with Crippen molar-refractivity contribution in [3.05, 3.63) is 34.6 Å². The molecule has 0 saturated carbocycles. The Morgan fingerprint density at radius 2 is 2.27 bits per heavy atom. The van der Waals surface area contributed by atoms with E-state index in [-0.39, 0.29) is 22.8 Å². The minimum absolute atomic E-state index is 0.0412. The molecule has 1 atom stereocenters. The van der Waals surface area contributed by atoms with Crippen LogP contribution in [0.4, 0.5) is 4.39 Å². The van der Waals surface area contributed by atoms with Crippen LogP contribution in [-0.2, 0) is 16.0 Å². The van der Waals surface area contributed by atoms with Gasteiger partial charge in [0.05, 0.1) is 0 Å². The maximum absolute atomic E-state index is 13.3. The minimum atomic E-state index is -0.541. The zero-order valence-electron chi connectivity index (χ0n) is 8.59. The SMILES string of the molecule is COC(C)C(=O)Cc1c(F)cccc1Cl. The summed E-state index contributed by atoms with van der Waals surface area (Å²) >= 11 is 5.79. The maximum atomic E-state index is 13.3. The molecule has 0 radical (unpaired) electrons. The number of methoxy groups -OCH3 is 1. The molecule has 1 aromatic carbocycles. The second-order valence-corrected chi connectivity index (χ2v) is 3.63. The molecule has 0 saturated heterocycles. The molecule has 1 aromatic rings. The normalized spacial score (nSPS) is 12.5. The smallest absolute Gasteiger partial charge is 0.165 e. The van der Waals surface area contributed by atoms with Gasteiger partial charge in [-0.25, -0.2) is 4.39 Å². The Hall–Kier alpha value is -0.930. The van der Waals surface area contributed by atoms with Crippen LogP contribution in [0.1, 0.15) is 12.5 Å². The van der Waals surface area contributed by atoms with Crippen molar-refractivity contribution in [2.45, 2.75) is 19.4 Å². The van der Waals surface area contributed by atoms with Gasteiger partial charge in [0, 0.05) is 24.1 Å². The molecule has 1 unspecified atom stereocenters. The summed E-state index contributed by atoms with van der Waals surface area (Å²) in [5.41, 5.74) is 0.230. The first-order chi connectivity index (χ1) is 7.06. The number of carbonyl (C=O) groups excluding carboxylic acids is 1. The predicted octanol–water partition coefficient (Wildman–Crippen LogP) is 2.63. The first-order valence-corrected chi connectivity index (χ1v) is 4.92. The first kappa shape index (κ1) is 12.1. The minimum Gasteiger partial charge on any atom is -0.374 e. The largest absolute Gasteiger partial charge is 0.374 e. The third-order valence-electron chi connectivity index (χ3n) is 2.22. The van der Waals surface area contributed by atoms with Crippen molar-refractivity contribution < 1.29 is 13.9 Å². The fourth-order valence-electron chi connectivity index (χ4n) is 1.15. The van der Waals surface area contributed by atoms with Crippen LogP contribution in [0.3, 0.4) is 0 Å². The Bertz CT molecular complexity index is 345. The highest BCUT2D eigenvalue weighted by atomic mass is 35.5. The van der Waals surface area contributed by atoms with Crippen molar-refractivity contribution in [1.82, 2.24) is 0 Å². The van der Waals surface area contributed by atoms with Gasteiger partial charge in [-0.2, -0.15) is 0 Å². The second kappa shape index (κ2) is 5.24. The quantitative estimate of drug-likeness (QED) is 0.795. The van der Waals surface area contributed by atoms with E-state index >= 15 is 0 Å².